The third-order valence-electron chi connectivity index (χ3n) is 4.76. The van der Waals surface area contributed by atoms with Gasteiger partial charge < -0.3 is 24.0 Å². The summed E-state index contributed by atoms with van der Waals surface area (Å²) in [5.41, 5.74) is 2.02. The highest BCUT2D eigenvalue weighted by Crippen LogP contribution is 2.47. The second-order valence-electron chi connectivity index (χ2n) is 6.26. The molecule has 0 spiro atoms. The van der Waals surface area contributed by atoms with Gasteiger partial charge in [-0.2, -0.15) is 0 Å². The highest BCUT2D eigenvalue weighted by atomic mass is 16.5. The van der Waals surface area contributed by atoms with Crippen LogP contribution >= 0.6 is 0 Å². The number of hydrogen-bond acceptors (Lipinski definition) is 8. The van der Waals surface area contributed by atoms with E-state index in [1.807, 2.05) is 36.2 Å². The summed E-state index contributed by atoms with van der Waals surface area (Å²) in [7, 11) is 4.36. The first kappa shape index (κ1) is 19.5. The van der Waals surface area contributed by atoms with Gasteiger partial charge in [-0.1, -0.05) is 12.1 Å². The van der Waals surface area contributed by atoms with Crippen molar-refractivity contribution in [1.82, 2.24) is 0 Å². The molecule has 3 rings (SSSR count). The fourth-order valence-corrected chi connectivity index (χ4v) is 3.54. The van der Waals surface area contributed by atoms with Gasteiger partial charge in [0, 0.05) is 7.05 Å². The van der Waals surface area contributed by atoms with E-state index in [0.717, 1.165) is 11.4 Å². The van der Waals surface area contributed by atoms with Crippen molar-refractivity contribution in [1.29, 1.82) is 0 Å². The molecule has 0 fully saturated rings. The summed E-state index contributed by atoms with van der Waals surface area (Å²) >= 11 is 0. The fraction of sp³-hybridized carbons (Fsp3) is 0.350. The van der Waals surface area contributed by atoms with Crippen molar-refractivity contribution in [3.05, 3.63) is 47.3 Å². The summed E-state index contributed by atoms with van der Waals surface area (Å²) in [4.78, 5) is 40.9. The molecule has 0 N–H and O–H groups in total. The average molecular weight is 386 g/mol. The molecule has 0 saturated carbocycles. The van der Waals surface area contributed by atoms with Crippen LogP contribution < -0.4 is 9.80 Å². The second kappa shape index (κ2) is 7.75. The standard InChI is InChI=1S/C20H22N2O6/c1-5-28-20(25)13-10-12(19(24)27-4)16(11-17(23)26-3)22-15-9-7-6-8-14(15)21(2)18(13)22/h6-10,16H,5,11H2,1-4H3. The Labute approximate surface area is 162 Å². The van der Waals surface area contributed by atoms with Gasteiger partial charge >= 0.3 is 17.9 Å². The third-order valence-corrected chi connectivity index (χ3v) is 4.76. The molecule has 0 aromatic heterocycles. The number of fused-ring (bicyclic) bond motifs is 3. The zero-order chi connectivity index (χ0) is 20.4. The zero-order valence-electron chi connectivity index (χ0n) is 16.2. The molecule has 2 aliphatic heterocycles. The lowest BCUT2D eigenvalue weighted by atomic mass is 9.94. The van der Waals surface area contributed by atoms with Crippen LogP contribution in [0.25, 0.3) is 0 Å². The summed E-state index contributed by atoms with van der Waals surface area (Å²) in [5.74, 6) is -1.12. The zero-order valence-corrected chi connectivity index (χ0v) is 16.2. The lowest BCUT2D eigenvalue weighted by molar-refractivity contribution is -0.141. The van der Waals surface area contributed by atoms with Crippen LogP contribution in [0.4, 0.5) is 11.4 Å². The van der Waals surface area contributed by atoms with Gasteiger partial charge in [-0.15, -0.1) is 0 Å². The number of methoxy groups -OCH3 is 2. The molecule has 0 aliphatic carbocycles. The van der Waals surface area contributed by atoms with E-state index in [2.05, 4.69) is 0 Å². The molecule has 2 heterocycles. The summed E-state index contributed by atoms with van der Waals surface area (Å²) in [6.45, 7) is 1.90. The molecule has 1 aromatic carbocycles. The van der Waals surface area contributed by atoms with E-state index >= 15 is 0 Å². The molecule has 1 unspecified atom stereocenters. The lowest BCUT2D eigenvalue weighted by Gasteiger charge is -2.36. The molecule has 0 saturated heterocycles. The number of nitrogens with zero attached hydrogens (tertiary/aromatic N) is 2. The van der Waals surface area contributed by atoms with Gasteiger partial charge in [0.25, 0.3) is 0 Å². The first-order chi connectivity index (χ1) is 13.4. The smallest absolute Gasteiger partial charge is 0.341 e. The van der Waals surface area contributed by atoms with Crippen molar-refractivity contribution in [2.24, 2.45) is 0 Å². The molecular weight excluding hydrogens is 364 g/mol. The van der Waals surface area contributed by atoms with Crippen LogP contribution in [0.3, 0.4) is 0 Å². The van der Waals surface area contributed by atoms with Crippen molar-refractivity contribution < 1.29 is 28.6 Å². The van der Waals surface area contributed by atoms with E-state index < -0.39 is 23.9 Å². The summed E-state index contributed by atoms with van der Waals surface area (Å²) in [5, 5.41) is 0. The van der Waals surface area contributed by atoms with Crippen molar-refractivity contribution in [3.8, 4) is 0 Å². The minimum Gasteiger partial charge on any atom is -0.469 e. The Bertz CT molecular complexity index is 888. The molecule has 1 atom stereocenters. The number of benzene rings is 1. The van der Waals surface area contributed by atoms with Crippen LogP contribution in [-0.2, 0) is 28.6 Å². The number of hydrogen-bond donors (Lipinski definition) is 0. The summed E-state index contributed by atoms with van der Waals surface area (Å²) < 4.78 is 14.9. The van der Waals surface area contributed by atoms with Crippen molar-refractivity contribution >= 4 is 29.3 Å². The monoisotopic (exact) mass is 386 g/mol. The maximum atomic E-state index is 12.7. The van der Waals surface area contributed by atoms with E-state index in [-0.39, 0.29) is 24.2 Å². The topological polar surface area (TPSA) is 85.4 Å². The molecule has 1 aromatic rings. The van der Waals surface area contributed by atoms with Gasteiger partial charge in [0.15, 0.2) is 0 Å². The molecular formula is C20H22N2O6. The Kier molecular flexibility index (Phi) is 5.39. The van der Waals surface area contributed by atoms with Crippen LogP contribution in [0.15, 0.2) is 47.3 Å². The number of ether oxygens (including phenoxy) is 3. The van der Waals surface area contributed by atoms with Crippen LogP contribution in [0.5, 0.6) is 0 Å². The molecule has 0 radical (unpaired) electrons. The molecule has 148 valence electrons. The average Bonchev–Trinajstić information content (AvgIpc) is 3.01. The SMILES string of the molecule is CCOC(=O)C1=C2N(C)c3ccccc3N2C(CC(=O)OC)C(C(=O)OC)=C1. The quantitative estimate of drug-likeness (QED) is 0.559. The van der Waals surface area contributed by atoms with Crippen LogP contribution in [-0.4, -0.2) is 51.8 Å². The van der Waals surface area contributed by atoms with Crippen molar-refractivity contribution in [2.75, 3.05) is 37.7 Å². The van der Waals surface area contributed by atoms with Crippen LogP contribution in [0.2, 0.25) is 0 Å². The Balaban J connectivity index is 2.23. The Morgan fingerprint density at radius 1 is 1.04 bits per heavy atom. The Morgan fingerprint density at radius 3 is 2.32 bits per heavy atom. The number of para-hydroxylation sites is 2. The number of carbonyl (C=O) groups excluding carboxylic acids is 3. The summed E-state index contributed by atoms with van der Waals surface area (Å²) in [6.07, 6.45) is 1.37. The maximum absolute atomic E-state index is 12.7. The Morgan fingerprint density at radius 2 is 1.71 bits per heavy atom. The fourth-order valence-electron chi connectivity index (χ4n) is 3.54. The van der Waals surface area contributed by atoms with E-state index in [9.17, 15) is 14.4 Å². The predicted molar refractivity (Wildman–Crippen MR) is 102 cm³/mol. The Hall–Kier alpha value is -3.29. The van der Waals surface area contributed by atoms with E-state index in [1.54, 1.807) is 11.8 Å². The second-order valence-corrected chi connectivity index (χ2v) is 6.26. The van der Waals surface area contributed by atoms with E-state index in [4.69, 9.17) is 14.2 Å². The first-order valence-electron chi connectivity index (χ1n) is 8.84. The van der Waals surface area contributed by atoms with Gasteiger partial charge in [-0.05, 0) is 25.1 Å². The third kappa shape index (κ3) is 3.11. The van der Waals surface area contributed by atoms with Crippen molar-refractivity contribution in [2.45, 2.75) is 19.4 Å². The lowest BCUT2D eigenvalue weighted by Crippen LogP contribution is -2.44. The van der Waals surface area contributed by atoms with E-state index in [0.29, 0.717) is 5.82 Å². The van der Waals surface area contributed by atoms with Gasteiger partial charge in [-0.3, -0.25) is 4.79 Å². The van der Waals surface area contributed by atoms with Gasteiger partial charge in [0.1, 0.15) is 11.4 Å². The first-order valence-corrected chi connectivity index (χ1v) is 8.84. The molecule has 8 nitrogen and oxygen atoms in total. The minimum absolute atomic E-state index is 0.0841. The van der Waals surface area contributed by atoms with E-state index in [1.165, 1.54) is 20.3 Å². The van der Waals surface area contributed by atoms with Gasteiger partial charge in [-0.25, -0.2) is 9.59 Å². The largest absolute Gasteiger partial charge is 0.469 e. The molecule has 0 amide bonds. The van der Waals surface area contributed by atoms with Crippen LogP contribution in [0, 0.1) is 0 Å². The number of rotatable bonds is 5. The molecule has 2 aliphatic rings. The highest BCUT2D eigenvalue weighted by molar-refractivity contribution is 6.03. The van der Waals surface area contributed by atoms with Gasteiger partial charge in [0.05, 0.1) is 50.2 Å². The van der Waals surface area contributed by atoms with Gasteiger partial charge in [0.2, 0.25) is 0 Å². The molecule has 0 bridgehead atoms. The number of carbonyl (C=O) groups is 3. The highest BCUT2D eigenvalue weighted by Gasteiger charge is 2.44. The molecule has 28 heavy (non-hydrogen) atoms. The van der Waals surface area contributed by atoms with Crippen LogP contribution in [0.1, 0.15) is 13.3 Å². The maximum Gasteiger partial charge on any atom is 0.341 e. The number of esters is 3. The predicted octanol–water partition coefficient (Wildman–Crippen LogP) is 1.76. The minimum atomic E-state index is -0.681. The number of anilines is 2. The van der Waals surface area contributed by atoms with Crippen molar-refractivity contribution in [3.63, 3.8) is 0 Å². The summed E-state index contributed by atoms with van der Waals surface area (Å²) in [6, 6.07) is 6.81. The normalized spacial score (nSPS) is 17.6. The molecule has 8 heteroatoms.